The van der Waals surface area contributed by atoms with Gasteiger partial charge in [-0.05, 0) is 19.3 Å². The predicted molar refractivity (Wildman–Crippen MR) is 59.3 cm³/mol. The predicted octanol–water partition coefficient (Wildman–Crippen LogP) is 2.63. The van der Waals surface area contributed by atoms with Crippen molar-refractivity contribution >= 4 is 5.82 Å². The molecule has 78 valence electrons. The largest absolute Gasteiger partial charge is 0.367 e. The van der Waals surface area contributed by atoms with Gasteiger partial charge in [-0.25, -0.2) is 9.97 Å². The van der Waals surface area contributed by atoms with Crippen LogP contribution in [-0.4, -0.2) is 16.0 Å². The maximum Gasteiger partial charge on any atom is 0.129 e. The summed E-state index contributed by atoms with van der Waals surface area (Å²) in [6.07, 6.45) is 2.71. The van der Waals surface area contributed by atoms with Crippen molar-refractivity contribution in [1.29, 1.82) is 0 Å². The zero-order chi connectivity index (χ0) is 10.6. The number of nitrogens with one attached hydrogen (secondary N) is 1. The van der Waals surface area contributed by atoms with E-state index in [9.17, 15) is 0 Å². The van der Waals surface area contributed by atoms with Crippen molar-refractivity contribution in [2.75, 3.05) is 5.32 Å². The van der Waals surface area contributed by atoms with Crippen molar-refractivity contribution in [2.24, 2.45) is 5.92 Å². The van der Waals surface area contributed by atoms with E-state index in [0.29, 0.717) is 12.0 Å². The Morgan fingerprint density at radius 3 is 2.57 bits per heavy atom. The summed E-state index contributed by atoms with van der Waals surface area (Å²) >= 11 is 0. The Kier molecular flexibility index (Phi) is 3.86. The fourth-order valence-electron chi connectivity index (χ4n) is 1.46. The average Bonchev–Trinajstić information content (AvgIpc) is 2.14. The van der Waals surface area contributed by atoms with Crippen molar-refractivity contribution in [3.8, 4) is 0 Å². The van der Waals surface area contributed by atoms with Gasteiger partial charge < -0.3 is 5.32 Å². The highest BCUT2D eigenvalue weighted by Gasteiger charge is 2.10. The molecule has 0 aliphatic carbocycles. The first-order valence-electron chi connectivity index (χ1n) is 5.18. The normalized spacial score (nSPS) is 12.9. The number of hydrogen-bond donors (Lipinski definition) is 1. The quantitative estimate of drug-likeness (QED) is 0.798. The van der Waals surface area contributed by atoms with Crippen LogP contribution in [0.2, 0.25) is 0 Å². The van der Waals surface area contributed by atoms with E-state index in [2.05, 4.69) is 36.1 Å². The smallest absolute Gasteiger partial charge is 0.129 e. The minimum atomic E-state index is 0.490. The number of nitrogens with zero attached hydrogens (tertiary/aromatic N) is 2. The van der Waals surface area contributed by atoms with Gasteiger partial charge in [0.2, 0.25) is 0 Å². The van der Waals surface area contributed by atoms with Gasteiger partial charge in [0.15, 0.2) is 0 Å². The van der Waals surface area contributed by atoms with Gasteiger partial charge in [-0.3, -0.25) is 0 Å². The summed E-state index contributed by atoms with van der Waals surface area (Å²) < 4.78 is 0. The molecule has 1 aromatic heterocycles. The number of hydrogen-bond acceptors (Lipinski definition) is 3. The third kappa shape index (κ3) is 2.98. The van der Waals surface area contributed by atoms with Crippen LogP contribution in [-0.2, 0) is 0 Å². The monoisotopic (exact) mass is 193 g/mol. The summed E-state index contributed by atoms with van der Waals surface area (Å²) in [4.78, 5) is 8.25. The Morgan fingerprint density at radius 1 is 1.36 bits per heavy atom. The van der Waals surface area contributed by atoms with Crippen LogP contribution in [0.4, 0.5) is 5.82 Å². The van der Waals surface area contributed by atoms with Crippen molar-refractivity contribution in [1.82, 2.24) is 9.97 Å². The summed E-state index contributed by atoms with van der Waals surface area (Å²) in [6.45, 7) is 8.60. The van der Waals surface area contributed by atoms with E-state index in [-0.39, 0.29) is 0 Å². The molecule has 0 fully saturated rings. The number of aromatic nitrogens is 2. The highest BCUT2D eigenvalue weighted by atomic mass is 15.0. The van der Waals surface area contributed by atoms with Gasteiger partial charge in [0.1, 0.15) is 12.1 Å². The van der Waals surface area contributed by atoms with E-state index in [0.717, 1.165) is 17.9 Å². The maximum atomic E-state index is 4.19. The molecule has 1 atom stereocenters. The molecule has 0 amide bonds. The van der Waals surface area contributed by atoms with Crippen LogP contribution in [0.25, 0.3) is 0 Å². The van der Waals surface area contributed by atoms with E-state index in [1.165, 1.54) is 0 Å². The standard InChI is InChI=1S/C11H19N3/c1-5-10(8(2)3)14-11-6-9(4)12-7-13-11/h6-8,10H,5H2,1-4H3,(H,12,13,14). The number of rotatable bonds is 4. The van der Waals surface area contributed by atoms with Gasteiger partial charge in [-0.1, -0.05) is 20.8 Å². The first-order valence-corrected chi connectivity index (χ1v) is 5.18. The fraction of sp³-hybridized carbons (Fsp3) is 0.636. The third-order valence-corrected chi connectivity index (χ3v) is 2.38. The van der Waals surface area contributed by atoms with Gasteiger partial charge >= 0.3 is 0 Å². The molecule has 0 saturated heterocycles. The van der Waals surface area contributed by atoms with Gasteiger partial charge in [-0.15, -0.1) is 0 Å². The minimum Gasteiger partial charge on any atom is -0.367 e. The molecule has 0 spiro atoms. The topological polar surface area (TPSA) is 37.8 Å². The van der Waals surface area contributed by atoms with E-state index < -0.39 is 0 Å². The molecule has 3 nitrogen and oxygen atoms in total. The molecule has 1 aromatic rings. The van der Waals surface area contributed by atoms with Gasteiger partial charge in [0.05, 0.1) is 0 Å². The van der Waals surface area contributed by atoms with Crippen LogP contribution in [0, 0.1) is 12.8 Å². The zero-order valence-electron chi connectivity index (χ0n) is 9.41. The Balaban J connectivity index is 2.67. The van der Waals surface area contributed by atoms with Crippen LogP contribution in [0.15, 0.2) is 12.4 Å². The molecular formula is C11H19N3. The Bertz CT molecular complexity index is 284. The lowest BCUT2D eigenvalue weighted by Gasteiger charge is -2.21. The average molecular weight is 193 g/mol. The van der Waals surface area contributed by atoms with E-state index in [1.807, 2.05) is 13.0 Å². The van der Waals surface area contributed by atoms with Crippen molar-refractivity contribution in [3.05, 3.63) is 18.1 Å². The summed E-state index contributed by atoms with van der Waals surface area (Å²) in [5.74, 6) is 1.55. The first kappa shape index (κ1) is 11.0. The molecule has 0 saturated carbocycles. The summed E-state index contributed by atoms with van der Waals surface area (Å²) in [7, 11) is 0. The molecule has 1 heterocycles. The SMILES string of the molecule is CCC(Nc1cc(C)ncn1)C(C)C. The van der Waals surface area contributed by atoms with Gasteiger partial charge in [0, 0.05) is 17.8 Å². The molecule has 0 bridgehead atoms. The van der Waals surface area contributed by atoms with Crippen LogP contribution in [0.5, 0.6) is 0 Å². The molecule has 0 radical (unpaired) electrons. The van der Waals surface area contributed by atoms with Crippen LogP contribution in [0.1, 0.15) is 32.9 Å². The molecular weight excluding hydrogens is 174 g/mol. The number of anilines is 1. The highest BCUT2D eigenvalue weighted by molar-refractivity contribution is 5.35. The van der Waals surface area contributed by atoms with Crippen LogP contribution in [0.3, 0.4) is 0 Å². The summed E-state index contributed by atoms with van der Waals surface area (Å²) in [5.41, 5.74) is 1.00. The molecule has 0 aliphatic heterocycles. The highest BCUT2D eigenvalue weighted by Crippen LogP contribution is 2.12. The maximum absolute atomic E-state index is 4.19. The van der Waals surface area contributed by atoms with E-state index in [1.54, 1.807) is 6.33 Å². The molecule has 1 rings (SSSR count). The lowest BCUT2D eigenvalue weighted by molar-refractivity contribution is 0.509. The van der Waals surface area contributed by atoms with Crippen LogP contribution < -0.4 is 5.32 Å². The lowest BCUT2D eigenvalue weighted by Crippen LogP contribution is -2.25. The number of aryl methyl sites for hydroxylation is 1. The molecule has 14 heavy (non-hydrogen) atoms. The second kappa shape index (κ2) is 4.94. The lowest BCUT2D eigenvalue weighted by atomic mass is 10.0. The summed E-state index contributed by atoms with van der Waals surface area (Å²) in [5, 5.41) is 3.42. The molecule has 0 aliphatic rings. The molecule has 1 N–H and O–H groups in total. The Hall–Kier alpha value is -1.12. The molecule has 3 heteroatoms. The van der Waals surface area contributed by atoms with Gasteiger partial charge in [0.25, 0.3) is 0 Å². The van der Waals surface area contributed by atoms with E-state index in [4.69, 9.17) is 0 Å². The fourth-order valence-corrected chi connectivity index (χ4v) is 1.46. The molecule has 0 aromatic carbocycles. The van der Waals surface area contributed by atoms with Crippen molar-refractivity contribution in [3.63, 3.8) is 0 Å². The molecule has 1 unspecified atom stereocenters. The van der Waals surface area contributed by atoms with Crippen molar-refractivity contribution < 1.29 is 0 Å². The zero-order valence-corrected chi connectivity index (χ0v) is 9.41. The second-order valence-corrected chi connectivity index (χ2v) is 3.95. The van der Waals surface area contributed by atoms with E-state index >= 15 is 0 Å². The first-order chi connectivity index (χ1) is 6.63. The van der Waals surface area contributed by atoms with Gasteiger partial charge in [-0.2, -0.15) is 0 Å². The Morgan fingerprint density at radius 2 is 2.07 bits per heavy atom. The summed E-state index contributed by atoms with van der Waals surface area (Å²) in [6, 6.07) is 2.47. The third-order valence-electron chi connectivity index (χ3n) is 2.38. The van der Waals surface area contributed by atoms with Crippen molar-refractivity contribution in [2.45, 2.75) is 40.2 Å². The Labute approximate surface area is 86.0 Å². The minimum absolute atomic E-state index is 0.490. The van der Waals surface area contributed by atoms with Crippen LogP contribution >= 0.6 is 0 Å². The second-order valence-electron chi connectivity index (χ2n) is 3.95.